The molecule has 132 valence electrons. The Balaban J connectivity index is 2.09. The Morgan fingerprint density at radius 3 is 2.12 bits per heavy atom. The number of sulfonamides is 1. The molecule has 1 amide bonds. The van der Waals surface area contributed by atoms with Gasteiger partial charge in [-0.25, -0.2) is 8.42 Å². The molecule has 0 heterocycles. The van der Waals surface area contributed by atoms with E-state index in [9.17, 15) is 23.3 Å². The van der Waals surface area contributed by atoms with Gasteiger partial charge in [-0.05, 0) is 42.8 Å². The predicted molar refractivity (Wildman–Crippen MR) is 93.9 cm³/mol. The van der Waals surface area contributed by atoms with Gasteiger partial charge in [0.05, 0.1) is 9.82 Å². The summed E-state index contributed by atoms with van der Waals surface area (Å²) in [7, 11) is -3.86. The SMILES string of the molecule is CCCC(=O)Nc1ccc(NS(=O)(=O)c2ccc([N+](=O)[O-])cc2)cc1. The third kappa shape index (κ3) is 5.01. The van der Waals surface area contributed by atoms with Crippen LogP contribution in [0.25, 0.3) is 0 Å². The number of nitrogens with zero attached hydrogens (tertiary/aromatic N) is 1. The minimum Gasteiger partial charge on any atom is -0.326 e. The minimum absolute atomic E-state index is 0.0848. The molecule has 2 N–H and O–H groups in total. The zero-order valence-corrected chi connectivity index (χ0v) is 14.2. The lowest BCUT2D eigenvalue weighted by Gasteiger charge is -2.09. The van der Waals surface area contributed by atoms with Gasteiger partial charge in [0.25, 0.3) is 15.7 Å². The number of nitrogens with one attached hydrogen (secondary N) is 2. The quantitative estimate of drug-likeness (QED) is 0.579. The summed E-state index contributed by atoms with van der Waals surface area (Å²) in [6.45, 7) is 1.90. The lowest BCUT2D eigenvalue weighted by atomic mass is 10.2. The third-order valence-corrected chi connectivity index (χ3v) is 4.65. The number of nitro groups is 1. The van der Waals surface area contributed by atoms with Crippen LogP contribution in [0, 0.1) is 10.1 Å². The maximum atomic E-state index is 12.3. The highest BCUT2D eigenvalue weighted by atomic mass is 32.2. The summed E-state index contributed by atoms with van der Waals surface area (Å²) in [6, 6.07) is 10.8. The number of carbonyl (C=O) groups is 1. The van der Waals surface area contributed by atoms with E-state index in [0.29, 0.717) is 17.8 Å². The van der Waals surface area contributed by atoms with Gasteiger partial charge in [-0.2, -0.15) is 0 Å². The van der Waals surface area contributed by atoms with E-state index in [1.54, 1.807) is 12.1 Å². The molecule has 9 heteroatoms. The van der Waals surface area contributed by atoms with Crippen molar-refractivity contribution in [3.8, 4) is 0 Å². The second kappa shape index (κ2) is 7.75. The van der Waals surface area contributed by atoms with Crippen LogP contribution in [0.15, 0.2) is 53.4 Å². The molecule has 2 rings (SSSR count). The van der Waals surface area contributed by atoms with Crippen molar-refractivity contribution in [2.24, 2.45) is 0 Å². The van der Waals surface area contributed by atoms with Crippen LogP contribution in [0.1, 0.15) is 19.8 Å². The first-order valence-electron chi connectivity index (χ1n) is 7.49. The highest BCUT2D eigenvalue weighted by Gasteiger charge is 2.16. The molecule has 0 aliphatic carbocycles. The molecule has 0 radical (unpaired) electrons. The summed E-state index contributed by atoms with van der Waals surface area (Å²) >= 11 is 0. The molecule has 0 aliphatic rings. The van der Waals surface area contributed by atoms with Crippen molar-refractivity contribution in [1.82, 2.24) is 0 Å². The monoisotopic (exact) mass is 363 g/mol. The van der Waals surface area contributed by atoms with Crippen LogP contribution in [-0.2, 0) is 14.8 Å². The van der Waals surface area contributed by atoms with Gasteiger partial charge in [-0.3, -0.25) is 19.6 Å². The predicted octanol–water partition coefficient (Wildman–Crippen LogP) is 3.13. The maximum absolute atomic E-state index is 12.3. The fraction of sp³-hybridized carbons (Fsp3) is 0.188. The van der Waals surface area contributed by atoms with Gasteiger partial charge in [-0.15, -0.1) is 0 Å². The molecule has 2 aromatic carbocycles. The summed E-state index contributed by atoms with van der Waals surface area (Å²) in [6.07, 6.45) is 1.15. The van der Waals surface area contributed by atoms with Gasteiger partial charge in [0.1, 0.15) is 0 Å². The van der Waals surface area contributed by atoms with Crippen molar-refractivity contribution in [3.05, 3.63) is 58.6 Å². The van der Waals surface area contributed by atoms with Crippen molar-refractivity contribution < 1.29 is 18.1 Å². The van der Waals surface area contributed by atoms with Crippen molar-refractivity contribution in [2.45, 2.75) is 24.7 Å². The molecule has 25 heavy (non-hydrogen) atoms. The Bertz CT molecular complexity index is 862. The largest absolute Gasteiger partial charge is 0.326 e. The molecular formula is C16H17N3O5S. The Kier molecular flexibility index (Phi) is 5.71. The number of anilines is 2. The van der Waals surface area contributed by atoms with Gasteiger partial charge >= 0.3 is 0 Å². The van der Waals surface area contributed by atoms with E-state index in [4.69, 9.17) is 0 Å². The lowest BCUT2D eigenvalue weighted by Crippen LogP contribution is -2.13. The summed E-state index contributed by atoms with van der Waals surface area (Å²) in [5.41, 5.74) is 0.690. The fourth-order valence-corrected chi connectivity index (χ4v) is 3.09. The number of hydrogen-bond donors (Lipinski definition) is 2. The Morgan fingerprint density at radius 1 is 1.04 bits per heavy atom. The van der Waals surface area contributed by atoms with Crippen LogP contribution in [0.2, 0.25) is 0 Å². The molecule has 0 unspecified atom stereocenters. The molecule has 0 aliphatic heterocycles. The Labute approximate surface area is 145 Å². The van der Waals surface area contributed by atoms with Crippen LogP contribution in [0.4, 0.5) is 17.1 Å². The first-order valence-corrected chi connectivity index (χ1v) is 8.97. The van der Waals surface area contributed by atoms with Crippen molar-refractivity contribution in [1.29, 1.82) is 0 Å². The van der Waals surface area contributed by atoms with Crippen LogP contribution < -0.4 is 10.0 Å². The van der Waals surface area contributed by atoms with Crippen molar-refractivity contribution in [2.75, 3.05) is 10.0 Å². The summed E-state index contributed by atoms with van der Waals surface area (Å²) < 4.78 is 26.9. The molecule has 0 spiro atoms. The van der Waals surface area contributed by atoms with E-state index in [1.807, 2.05) is 6.92 Å². The number of amides is 1. The number of benzene rings is 2. The average molecular weight is 363 g/mol. The summed E-state index contributed by atoms with van der Waals surface area (Å²) in [5.74, 6) is -0.110. The Morgan fingerprint density at radius 2 is 1.60 bits per heavy atom. The van der Waals surface area contributed by atoms with Crippen LogP contribution in [-0.4, -0.2) is 19.2 Å². The van der Waals surface area contributed by atoms with Gasteiger partial charge in [-0.1, -0.05) is 6.92 Å². The second-order valence-corrected chi connectivity index (χ2v) is 6.91. The van der Waals surface area contributed by atoms with Crippen LogP contribution >= 0.6 is 0 Å². The Hall–Kier alpha value is -2.94. The van der Waals surface area contributed by atoms with E-state index >= 15 is 0 Å². The molecule has 8 nitrogen and oxygen atoms in total. The van der Waals surface area contributed by atoms with Gasteiger partial charge in [0, 0.05) is 29.9 Å². The summed E-state index contributed by atoms with van der Waals surface area (Å²) in [5, 5.41) is 13.3. The zero-order valence-electron chi connectivity index (χ0n) is 13.4. The number of non-ortho nitro benzene ring substituents is 1. The number of carbonyl (C=O) groups excluding carboxylic acids is 1. The molecule has 0 saturated heterocycles. The second-order valence-electron chi connectivity index (χ2n) is 5.23. The standard InChI is InChI=1S/C16H17N3O5S/c1-2-3-16(20)17-12-4-6-13(7-5-12)18-25(23,24)15-10-8-14(9-11-15)19(21)22/h4-11,18H,2-3H2,1H3,(H,17,20). The van der Waals surface area contributed by atoms with E-state index in [-0.39, 0.29) is 16.5 Å². The molecule has 0 bridgehead atoms. The van der Waals surface area contributed by atoms with Gasteiger partial charge in [0.2, 0.25) is 5.91 Å². The molecule has 2 aromatic rings. The van der Waals surface area contributed by atoms with E-state index in [2.05, 4.69) is 10.0 Å². The highest BCUT2D eigenvalue weighted by Crippen LogP contribution is 2.20. The highest BCUT2D eigenvalue weighted by molar-refractivity contribution is 7.92. The number of nitro benzene ring substituents is 1. The first-order chi connectivity index (χ1) is 11.8. The fourth-order valence-electron chi connectivity index (χ4n) is 2.03. The van der Waals surface area contributed by atoms with E-state index < -0.39 is 14.9 Å². The number of hydrogen-bond acceptors (Lipinski definition) is 5. The van der Waals surface area contributed by atoms with Crippen LogP contribution in [0.5, 0.6) is 0 Å². The van der Waals surface area contributed by atoms with Crippen molar-refractivity contribution in [3.63, 3.8) is 0 Å². The molecule has 0 fully saturated rings. The molecule has 0 aromatic heterocycles. The third-order valence-electron chi connectivity index (χ3n) is 3.26. The smallest absolute Gasteiger partial charge is 0.269 e. The normalized spacial score (nSPS) is 10.9. The average Bonchev–Trinajstić information content (AvgIpc) is 2.57. The van der Waals surface area contributed by atoms with Crippen molar-refractivity contribution >= 4 is 33.0 Å². The van der Waals surface area contributed by atoms with Crippen LogP contribution in [0.3, 0.4) is 0 Å². The van der Waals surface area contributed by atoms with Gasteiger partial charge in [0.15, 0.2) is 0 Å². The first kappa shape index (κ1) is 18.4. The molecule has 0 atom stereocenters. The van der Waals surface area contributed by atoms with Gasteiger partial charge < -0.3 is 5.32 Å². The number of rotatable bonds is 7. The topological polar surface area (TPSA) is 118 Å². The lowest BCUT2D eigenvalue weighted by molar-refractivity contribution is -0.384. The summed E-state index contributed by atoms with van der Waals surface area (Å²) in [4.78, 5) is 21.4. The molecule has 0 saturated carbocycles. The zero-order chi connectivity index (χ0) is 18.4. The molecular weight excluding hydrogens is 346 g/mol. The van der Waals surface area contributed by atoms with E-state index in [0.717, 1.165) is 18.6 Å². The maximum Gasteiger partial charge on any atom is 0.269 e. The minimum atomic E-state index is -3.86. The van der Waals surface area contributed by atoms with E-state index in [1.165, 1.54) is 24.3 Å².